The van der Waals surface area contributed by atoms with E-state index in [0.29, 0.717) is 18.9 Å². The van der Waals surface area contributed by atoms with Gasteiger partial charge in [-0.15, -0.1) is 0 Å². The normalized spacial score (nSPS) is 23.5. The van der Waals surface area contributed by atoms with E-state index < -0.39 is 5.97 Å². The molecule has 21 heavy (non-hydrogen) atoms. The SMILES string of the molecule is CCCC(CCNC(=O)C1CCCCC1N)CCC(=O)O. The van der Waals surface area contributed by atoms with Gasteiger partial charge in [0.15, 0.2) is 0 Å². The summed E-state index contributed by atoms with van der Waals surface area (Å²) < 4.78 is 0. The third kappa shape index (κ3) is 6.93. The van der Waals surface area contributed by atoms with E-state index >= 15 is 0 Å². The predicted molar refractivity (Wildman–Crippen MR) is 82.8 cm³/mol. The standard InChI is InChI=1S/C16H30N2O3/c1-2-5-12(8-9-15(19)20)10-11-18-16(21)13-6-3-4-7-14(13)17/h12-14H,2-11,17H2,1H3,(H,18,21)(H,19,20). The van der Waals surface area contributed by atoms with Crippen molar-refractivity contribution in [1.29, 1.82) is 0 Å². The van der Waals surface area contributed by atoms with Crippen LogP contribution in [0.5, 0.6) is 0 Å². The van der Waals surface area contributed by atoms with Gasteiger partial charge in [-0.3, -0.25) is 9.59 Å². The maximum Gasteiger partial charge on any atom is 0.303 e. The Bertz CT molecular complexity index is 333. The Balaban J connectivity index is 2.28. The number of nitrogens with two attached hydrogens (primary N) is 1. The lowest BCUT2D eigenvalue weighted by Gasteiger charge is -2.27. The molecule has 0 aromatic heterocycles. The van der Waals surface area contributed by atoms with Gasteiger partial charge in [-0.1, -0.05) is 32.6 Å². The molecule has 1 aliphatic rings. The molecule has 1 rings (SSSR count). The highest BCUT2D eigenvalue weighted by Crippen LogP contribution is 2.23. The number of carbonyl (C=O) groups excluding carboxylic acids is 1. The van der Waals surface area contributed by atoms with Gasteiger partial charge in [0.05, 0.1) is 5.92 Å². The smallest absolute Gasteiger partial charge is 0.303 e. The number of carboxylic acids is 1. The molecule has 0 aromatic rings. The molecule has 3 atom stereocenters. The Morgan fingerprint density at radius 3 is 2.57 bits per heavy atom. The minimum Gasteiger partial charge on any atom is -0.481 e. The van der Waals surface area contributed by atoms with Crippen LogP contribution in [0, 0.1) is 11.8 Å². The maximum atomic E-state index is 12.1. The average Bonchev–Trinajstić information content (AvgIpc) is 2.45. The molecule has 1 amide bonds. The Kier molecular flexibility index (Phi) is 8.35. The molecule has 0 aliphatic heterocycles. The molecular formula is C16H30N2O3. The van der Waals surface area contributed by atoms with Gasteiger partial charge >= 0.3 is 5.97 Å². The van der Waals surface area contributed by atoms with E-state index in [9.17, 15) is 9.59 Å². The fourth-order valence-electron chi connectivity index (χ4n) is 3.18. The lowest BCUT2D eigenvalue weighted by Crippen LogP contribution is -2.44. The van der Waals surface area contributed by atoms with Crippen LogP contribution in [0.1, 0.15) is 64.7 Å². The molecule has 122 valence electrons. The van der Waals surface area contributed by atoms with Crippen LogP contribution in [0.4, 0.5) is 0 Å². The summed E-state index contributed by atoms with van der Waals surface area (Å²) in [4.78, 5) is 22.8. The van der Waals surface area contributed by atoms with Crippen molar-refractivity contribution in [3.63, 3.8) is 0 Å². The summed E-state index contributed by atoms with van der Waals surface area (Å²) in [5.74, 6) is -0.321. The number of amides is 1. The zero-order valence-electron chi connectivity index (χ0n) is 13.1. The number of carboxylic acid groups (broad SMARTS) is 1. The third-order valence-electron chi connectivity index (χ3n) is 4.47. The highest BCUT2D eigenvalue weighted by molar-refractivity contribution is 5.79. The lowest BCUT2D eigenvalue weighted by atomic mass is 9.84. The van der Waals surface area contributed by atoms with Crippen molar-refractivity contribution in [1.82, 2.24) is 5.32 Å². The molecule has 1 fully saturated rings. The summed E-state index contributed by atoms with van der Waals surface area (Å²) >= 11 is 0. The summed E-state index contributed by atoms with van der Waals surface area (Å²) in [7, 11) is 0. The zero-order chi connectivity index (χ0) is 15.7. The number of hydrogen-bond donors (Lipinski definition) is 3. The van der Waals surface area contributed by atoms with Crippen molar-refractivity contribution in [2.24, 2.45) is 17.6 Å². The van der Waals surface area contributed by atoms with Gasteiger partial charge in [0.2, 0.25) is 5.91 Å². The topological polar surface area (TPSA) is 92.4 Å². The first-order valence-electron chi connectivity index (χ1n) is 8.29. The third-order valence-corrected chi connectivity index (χ3v) is 4.47. The molecule has 0 radical (unpaired) electrons. The van der Waals surface area contributed by atoms with E-state index in [4.69, 9.17) is 10.8 Å². The second kappa shape index (κ2) is 9.77. The zero-order valence-corrected chi connectivity index (χ0v) is 13.1. The molecule has 5 heteroatoms. The van der Waals surface area contributed by atoms with Crippen LogP contribution in [0.25, 0.3) is 0 Å². The van der Waals surface area contributed by atoms with Gasteiger partial charge in [-0.2, -0.15) is 0 Å². The second-order valence-corrected chi connectivity index (χ2v) is 6.22. The van der Waals surface area contributed by atoms with Crippen molar-refractivity contribution in [3.05, 3.63) is 0 Å². The minimum atomic E-state index is -0.742. The molecule has 4 N–H and O–H groups in total. The molecule has 1 saturated carbocycles. The van der Waals surface area contributed by atoms with Crippen LogP contribution >= 0.6 is 0 Å². The Labute approximate surface area is 127 Å². The van der Waals surface area contributed by atoms with Crippen molar-refractivity contribution in [3.8, 4) is 0 Å². The van der Waals surface area contributed by atoms with Gasteiger partial charge in [0.1, 0.15) is 0 Å². The van der Waals surface area contributed by atoms with E-state index in [2.05, 4.69) is 12.2 Å². The Hall–Kier alpha value is -1.10. The van der Waals surface area contributed by atoms with Crippen LogP contribution in [0.15, 0.2) is 0 Å². The fraction of sp³-hybridized carbons (Fsp3) is 0.875. The predicted octanol–water partition coefficient (Wildman–Crippen LogP) is 2.29. The van der Waals surface area contributed by atoms with Crippen LogP contribution < -0.4 is 11.1 Å². The summed E-state index contributed by atoms with van der Waals surface area (Å²) in [6, 6.07) is -0.00259. The summed E-state index contributed by atoms with van der Waals surface area (Å²) in [6.07, 6.45) is 7.88. The van der Waals surface area contributed by atoms with Crippen LogP contribution in [-0.2, 0) is 9.59 Å². The number of carbonyl (C=O) groups is 2. The molecule has 3 unspecified atom stereocenters. The van der Waals surface area contributed by atoms with E-state index in [0.717, 1.165) is 44.9 Å². The van der Waals surface area contributed by atoms with Crippen molar-refractivity contribution < 1.29 is 14.7 Å². The van der Waals surface area contributed by atoms with Gasteiger partial charge in [-0.05, 0) is 31.6 Å². The molecule has 0 bridgehead atoms. The molecule has 0 spiro atoms. The Morgan fingerprint density at radius 1 is 1.24 bits per heavy atom. The van der Waals surface area contributed by atoms with Gasteiger partial charge in [0.25, 0.3) is 0 Å². The first kappa shape index (κ1) is 18.0. The van der Waals surface area contributed by atoms with E-state index in [1.165, 1.54) is 0 Å². The molecule has 0 heterocycles. The fourth-order valence-corrected chi connectivity index (χ4v) is 3.18. The number of hydrogen-bond acceptors (Lipinski definition) is 3. The van der Waals surface area contributed by atoms with Gasteiger partial charge in [0, 0.05) is 19.0 Å². The Morgan fingerprint density at radius 2 is 1.95 bits per heavy atom. The average molecular weight is 298 g/mol. The molecule has 0 saturated heterocycles. The quantitative estimate of drug-likeness (QED) is 0.609. The summed E-state index contributed by atoms with van der Waals surface area (Å²) in [5.41, 5.74) is 6.01. The van der Waals surface area contributed by atoms with E-state index in [1.54, 1.807) is 0 Å². The maximum absolute atomic E-state index is 12.1. The first-order valence-corrected chi connectivity index (χ1v) is 8.29. The largest absolute Gasteiger partial charge is 0.481 e. The highest BCUT2D eigenvalue weighted by atomic mass is 16.4. The van der Waals surface area contributed by atoms with Crippen LogP contribution in [0.3, 0.4) is 0 Å². The number of aliphatic carboxylic acids is 1. The van der Waals surface area contributed by atoms with E-state index in [-0.39, 0.29) is 24.3 Å². The molecular weight excluding hydrogens is 268 g/mol. The van der Waals surface area contributed by atoms with Crippen LogP contribution in [-0.4, -0.2) is 29.6 Å². The minimum absolute atomic E-state index is 0.00259. The second-order valence-electron chi connectivity index (χ2n) is 6.22. The van der Waals surface area contributed by atoms with Gasteiger partial charge in [-0.25, -0.2) is 0 Å². The number of nitrogens with one attached hydrogen (secondary N) is 1. The van der Waals surface area contributed by atoms with Crippen molar-refractivity contribution >= 4 is 11.9 Å². The van der Waals surface area contributed by atoms with Crippen LogP contribution in [0.2, 0.25) is 0 Å². The molecule has 1 aliphatic carbocycles. The molecule has 0 aromatic carbocycles. The molecule has 5 nitrogen and oxygen atoms in total. The summed E-state index contributed by atoms with van der Waals surface area (Å²) in [5, 5.41) is 11.8. The lowest BCUT2D eigenvalue weighted by molar-refractivity contribution is -0.137. The first-order chi connectivity index (χ1) is 10.0. The highest BCUT2D eigenvalue weighted by Gasteiger charge is 2.27. The van der Waals surface area contributed by atoms with Crippen molar-refractivity contribution in [2.75, 3.05) is 6.54 Å². The van der Waals surface area contributed by atoms with E-state index in [1.807, 2.05) is 0 Å². The van der Waals surface area contributed by atoms with Gasteiger partial charge < -0.3 is 16.2 Å². The summed E-state index contributed by atoms with van der Waals surface area (Å²) in [6.45, 7) is 2.74. The van der Waals surface area contributed by atoms with Crippen molar-refractivity contribution in [2.45, 2.75) is 70.8 Å². The number of rotatable bonds is 9. The monoisotopic (exact) mass is 298 g/mol.